The molecule has 1 aromatic carbocycles. The second-order valence-corrected chi connectivity index (χ2v) is 9.34. The lowest BCUT2D eigenvalue weighted by molar-refractivity contribution is -0.137. The van der Waals surface area contributed by atoms with E-state index in [-0.39, 0.29) is 28.6 Å². The Balaban J connectivity index is 1.50. The molecule has 10 heteroatoms. The molecule has 2 aromatic heterocycles. The molecule has 2 N–H and O–H groups in total. The SMILES string of the molecule is Cc1cc(C(F)(F)F)cc(O)c1-c1ccc2c([C@H](C)O)n(C[C@@H]3CC(=O)N(C4CC4)C3)nc2n1. The van der Waals surface area contributed by atoms with Crippen molar-refractivity contribution < 1.29 is 28.2 Å². The van der Waals surface area contributed by atoms with Crippen molar-refractivity contribution >= 4 is 16.9 Å². The molecule has 2 atom stereocenters. The van der Waals surface area contributed by atoms with Crippen molar-refractivity contribution in [3.63, 3.8) is 0 Å². The van der Waals surface area contributed by atoms with Gasteiger partial charge in [-0.2, -0.15) is 18.3 Å². The van der Waals surface area contributed by atoms with Crippen LogP contribution in [0.1, 0.15) is 49.1 Å². The maximum Gasteiger partial charge on any atom is 0.416 e. The predicted octanol–water partition coefficient (Wildman–Crippen LogP) is 4.20. The molecule has 1 aliphatic heterocycles. The molecule has 5 rings (SSSR count). The first kappa shape index (κ1) is 22.6. The number of aliphatic hydroxyl groups excluding tert-OH is 1. The Morgan fingerprint density at radius 1 is 1.24 bits per heavy atom. The maximum absolute atomic E-state index is 13.1. The predicted molar refractivity (Wildman–Crippen MR) is 118 cm³/mol. The Hall–Kier alpha value is -3.14. The molecule has 3 heterocycles. The van der Waals surface area contributed by atoms with Gasteiger partial charge in [-0.15, -0.1) is 0 Å². The largest absolute Gasteiger partial charge is 0.507 e. The number of amides is 1. The molecule has 0 unspecified atom stereocenters. The van der Waals surface area contributed by atoms with Crippen LogP contribution < -0.4 is 0 Å². The third-order valence-corrected chi connectivity index (χ3v) is 6.60. The molecule has 180 valence electrons. The van der Waals surface area contributed by atoms with Crippen LogP contribution in [0, 0.1) is 12.8 Å². The number of carbonyl (C=O) groups is 1. The van der Waals surface area contributed by atoms with Crippen molar-refractivity contribution in [3.8, 4) is 17.0 Å². The van der Waals surface area contributed by atoms with Crippen molar-refractivity contribution in [1.29, 1.82) is 0 Å². The van der Waals surface area contributed by atoms with Crippen molar-refractivity contribution in [1.82, 2.24) is 19.7 Å². The van der Waals surface area contributed by atoms with E-state index in [0.29, 0.717) is 48.3 Å². The van der Waals surface area contributed by atoms with Gasteiger partial charge in [0.2, 0.25) is 5.91 Å². The van der Waals surface area contributed by atoms with Gasteiger partial charge in [-0.3, -0.25) is 9.48 Å². The first-order valence-electron chi connectivity index (χ1n) is 11.3. The summed E-state index contributed by atoms with van der Waals surface area (Å²) < 4.78 is 40.9. The van der Waals surface area contributed by atoms with E-state index in [4.69, 9.17) is 0 Å². The summed E-state index contributed by atoms with van der Waals surface area (Å²) >= 11 is 0. The average Bonchev–Trinajstić information content (AvgIpc) is 3.41. The second kappa shape index (κ2) is 7.97. The second-order valence-electron chi connectivity index (χ2n) is 9.34. The number of benzene rings is 1. The Morgan fingerprint density at radius 3 is 2.59 bits per heavy atom. The van der Waals surface area contributed by atoms with Gasteiger partial charge in [0.25, 0.3) is 0 Å². The number of aromatic nitrogens is 3. The van der Waals surface area contributed by atoms with Gasteiger partial charge in [0.05, 0.1) is 23.1 Å². The van der Waals surface area contributed by atoms with E-state index in [9.17, 15) is 28.2 Å². The van der Waals surface area contributed by atoms with Crippen LogP contribution >= 0.6 is 0 Å². The van der Waals surface area contributed by atoms with Gasteiger partial charge in [-0.1, -0.05) is 0 Å². The lowest BCUT2D eigenvalue weighted by atomic mass is 10.00. The monoisotopic (exact) mass is 474 g/mol. The van der Waals surface area contributed by atoms with E-state index in [0.717, 1.165) is 18.9 Å². The average molecular weight is 474 g/mol. The van der Waals surface area contributed by atoms with Gasteiger partial charge in [0.15, 0.2) is 5.65 Å². The third kappa shape index (κ3) is 4.00. The molecule has 1 saturated heterocycles. The van der Waals surface area contributed by atoms with Crippen LogP contribution in [0.15, 0.2) is 24.3 Å². The number of phenolic OH excluding ortho intramolecular Hbond substituents is 1. The highest BCUT2D eigenvalue weighted by molar-refractivity contribution is 5.83. The van der Waals surface area contributed by atoms with Crippen molar-refractivity contribution in [3.05, 3.63) is 41.1 Å². The molecule has 3 aromatic rings. The van der Waals surface area contributed by atoms with Crippen LogP contribution in [0.5, 0.6) is 5.75 Å². The van der Waals surface area contributed by atoms with E-state index in [2.05, 4.69) is 10.1 Å². The first-order chi connectivity index (χ1) is 16.0. The Bertz CT molecular complexity index is 1260. The number of nitrogens with zero attached hydrogens (tertiary/aromatic N) is 4. The smallest absolute Gasteiger partial charge is 0.416 e. The molecule has 34 heavy (non-hydrogen) atoms. The number of phenols is 1. The number of pyridine rings is 1. The Morgan fingerprint density at radius 2 is 1.97 bits per heavy atom. The van der Waals surface area contributed by atoms with Gasteiger partial charge in [0, 0.05) is 42.4 Å². The lowest BCUT2D eigenvalue weighted by Crippen LogP contribution is -2.28. The topological polar surface area (TPSA) is 91.5 Å². The fraction of sp³-hybridized carbons (Fsp3) is 0.458. The van der Waals surface area contributed by atoms with Gasteiger partial charge in [0.1, 0.15) is 5.75 Å². The summed E-state index contributed by atoms with van der Waals surface area (Å²) in [7, 11) is 0. The van der Waals surface area contributed by atoms with E-state index >= 15 is 0 Å². The normalized spacial score (nSPS) is 19.9. The molecule has 0 radical (unpaired) electrons. The number of aryl methyl sites for hydroxylation is 1. The van der Waals surface area contributed by atoms with Crippen molar-refractivity contribution in [2.75, 3.05) is 6.54 Å². The minimum absolute atomic E-state index is 0.0700. The molecule has 0 bridgehead atoms. The van der Waals surface area contributed by atoms with Gasteiger partial charge in [-0.05, 0) is 56.5 Å². The molecule has 1 saturated carbocycles. The molecule has 7 nitrogen and oxygen atoms in total. The number of carbonyl (C=O) groups excluding carboxylic acids is 1. The highest BCUT2D eigenvalue weighted by atomic mass is 19.4. The number of alkyl halides is 3. The van der Waals surface area contributed by atoms with Crippen molar-refractivity contribution in [2.45, 2.75) is 58.0 Å². The van der Waals surface area contributed by atoms with Crippen LogP contribution in [0.25, 0.3) is 22.3 Å². The number of aromatic hydroxyl groups is 1. The fourth-order valence-electron chi connectivity index (χ4n) is 4.93. The van der Waals surface area contributed by atoms with Gasteiger partial charge < -0.3 is 15.1 Å². The zero-order chi connectivity index (χ0) is 24.4. The first-order valence-corrected chi connectivity index (χ1v) is 11.3. The van der Waals surface area contributed by atoms with E-state index in [1.165, 1.54) is 6.92 Å². The molecule has 0 spiro atoms. The van der Waals surface area contributed by atoms with Gasteiger partial charge >= 0.3 is 6.18 Å². The van der Waals surface area contributed by atoms with Crippen LogP contribution in [0.4, 0.5) is 13.2 Å². The maximum atomic E-state index is 13.1. The molecule has 1 amide bonds. The van der Waals surface area contributed by atoms with Gasteiger partial charge in [-0.25, -0.2) is 4.98 Å². The summed E-state index contributed by atoms with van der Waals surface area (Å²) in [5.41, 5.74) is 0.673. The summed E-state index contributed by atoms with van der Waals surface area (Å²) in [6.07, 6.45) is -2.88. The molecular formula is C24H25F3N4O3. The van der Waals surface area contributed by atoms with Crippen LogP contribution in [0.3, 0.4) is 0 Å². The highest BCUT2D eigenvalue weighted by Gasteiger charge is 2.39. The summed E-state index contributed by atoms with van der Waals surface area (Å²) in [6, 6.07) is 5.33. The molecule has 2 aliphatic rings. The van der Waals surface area contributed by atoms with Crippen LogP contribution in [-0.4, -0.2) is 48.4 Å². The summed E-state index contributed by atoms with van der Waals surface area (Å²) in [6.45, 7) is 4.23. The number of rotatable bonds is 5. The standard InChI is InChI=1S/C24H25F3N4O3/c1-12-7-15(24(25,26)27)9-19(33)21(12)18-6-5-17-22(13(2)32)31(29-23(17)28-18)11-14-8-20(34)30(10-14)16-3-4-16/h5-7,9,13-14,16,32-33H,3-4,8,10-11H2,1-2H3/t13-,14+/m0/s1. The highest BCUT2D eigenvalue weighted by Crippen LogP contribution is 2.39. The number of likely N-dealkylation sites (tertiary alicyclic amines) is 1. The Labute approximate surface area is 193 Å². The number of hydrogen-bond acceptors (Lipinski definition) is 5. The van der Waals surface area contributed by atoms with Crippen molar-refractivity contribution in [2.24, 2.45) is 5.92 Å². The minimum atomic E-state index is -4.57. The lowest BCUT2D eigenvalue weighted by Gasteiger charge is -2.16. The number of fused-ring (bicyclic) bond motifs is 1. The van der Waals surface area contributed by atoms with E-state index in [1.54, 1.807) is 23.7 Å². The van der Waals surface area contributed by atoms with Crippen LogP contribution in [0.2, 0.25) is 0 Å². The van der Waals surface area contributed by atoms with E-state index in [1.807, 2.05) is 4.90 Å². The zero-order valence-electron chi connectivity index (χ0n) is 18.8. The minimum Gasteiger partial charge on any atom is -0.507 e. The quantitative estimate of drug-likeness (QED) is 0.579. The summed E-state index contributed by atoms with van der Waals surface area (Å²) in [5.74, 6) is -0.295. The number of hydrogen-bond donors (Lipinski definition) is 2. The zero-order valence-corrected chi connectivity index (χ0v) is 18.8. The summed E-state index contributed by atoms with van der Waals surface area (Å²) in [5, 5.41) is 26.0. The Kier molecular flexibility index (Phi) is 5.31. The third-order valence-electron chi connectivity index (χ3n) is 6.60. The van der Waals surface area contributed by atoms with Crippen LogP contribution in [-0.2, 0) is 17.5 Å². The fourth-order valence-corrected chi connectivity index (χ4v) is 4.93. The molecule has 1 aliphatic carbocycles. The number of aliphatic hydroxyl groups is 1. The molecule has 2 fully saturated rings. The summed E-state index contributed by atoms with van der Waals surface area (Å²) in [4.78, 5) is 18.8. The molecular weight excluding hydrogens is 449 g/mol. The number of halogens is 3. The van der Waals surface area contributed by atoms with E-state index < -0.39 is 23.6 Å².